The monoisotopic (exact) mass is 357 g/mol. The molecule has 0 bridgehead atoms. The topological polar surface area (TPSA) is 83.6 Å². The fourth-order valence-electron chi connectivity index (χ4n) is 1.93. The number of nitrogens with one attached hydrogen (secondary N) is 1. The summed E-state index contributed by atoms with van der Waals surface area (Å²) in [6, 6.07) is 11.7. The average molecular weight is 358 g/mol. The number of anilines is 1. The third kappa shape index (κ3) is 3.38. The molecule has 6 nitrogen and oxygen atoms in total. The number of nitrogens with zero attached hydrogens (tertiary/aromatic N) is 4. The van der Waals surface area contributed by atoms with Crippen LogP contribution in [0.25, 0.3) is 5.69 Å². The first-order valence-electron chi connectivity index (χ1n) is 6.75. The minimum atomic E-state index is -0.411. The van der Waals surface area contributed by atoms with Crippen molar-refractivity contribution in [2.45, 2.75) is 0 Å². The summed E-state index contributed by atoms with van der Waals surface area (Å²) < 4.78 is 1.52. The maximum absolute atomic E-state index is 12.2. The second kappa shape index (κ2) is 6.71. The van der Waals surface area contributed by atoms with Crippen LogP contribution in [0.3, 0.4) is 0 Å². The molecule has 24 heavy (non-hydrogen) atoms. The van der Waals surface area contributed by atoms with E-state index in [1.165, 1.54) is 10.9 Å². The van der Waals surface area contributed by atoms with E-state index in [0.29, 0.717) is 27.1 Å². The van der Waals surface area contributed by atoms with E-state index in [2.05, 4.69) is 15.4 Å². The van der Waals surface area contributed by atoms with Crippen LogP contribution in [0, 0.1) is 11.3 Å². The Morgan fingerprint density at radius 3 is 2.67 bits per heavy atom. The average Bonchev–Trinajstić information content (AvgIpc) is 3.08. The Labute approximate surface area is 147 Å². The highest BCUT2D eigenvalue weighted by Gasteiger charge is 2.12. The van der Waals surface area contributed by atoms with Gasteiger partial charge in [0.15, 0.2) is 5.69 Å². The van der Waals surface area contributed by atoms with E-state index in [0.717, 1.165) is 0 Å². The van der Waals surface area contributed by atoms with Gasteiger partial charge in [-0.1, -0.05) is 23.2 Å². The molecule has 1 aromatic carbocycles. The fourth-order valence-corrected chi connectivity index (χ4v) is 2.22. The number of amides is 1. The first kappa shape index (κ1) is 16.0. The third-order valence-electron chi connectivity index (χ3n) is 3.12. The summed E-state index contributed by atoms with van der Waals surface area (Å²) in [5.74, 6) is -0.0749. The highest BCUT2D eigenvalue weighted by Crippen LogP contribution is 2.24. The fraction of sp³-hybridized carbons (Fsp3) is 0. The van der Waals surface area contributed by atoms with E-state index >= 15 is 0 Å². The quantitative estimate of drug-likeness (QED) is 0.774. The second-order valence-corrected chi connectivity index (χ2v) is 5.56. The maximum atomic E-state index is 12.2. The van der Waals surface area contributed by atoms with Crippen molar-refractivity contribution in [1.29, 1.82) is 5.26 Å². The van der Waals surface area contributed by atoms with Crippen LogP contribution in [-0.2, 0) is 0 Å². The number of hydrogen-bond donors (Lipinski definition) is 1. The molecule has 2 aromatic heterocycles. The Kier molecular flexibility index (Phi) is 4.47. The van der Waals surface area contributed by atoms with E-state index in [1.54, 1.807) is 42.6 Å². The van der Waals surface area contributed by atoms with E-state index in [4.69, 9.17) is 28.5 Å². The number of benzene rings is 1. The molecule has 0 aliphatic carbocycles. The smallest absolute Gasteiger partial charge is 0.277 e. The normalized spacial score (nSPS) is 10.2. The van der Waals surface area contributed by atoms with Gasteiger partial charge in [0.1, 0.15) is 11.9 Å². The number of halogens is 2. The number of aromatic nitrogens is 3. The standard InChI is InChI=1S/C16H9Cl2N5O/c17-12-3-2-11(7-13(12)18)23-6-5-14(22-23)16(24)21-15-4-1-10(8-19)9-20-15/h1-7,9H,(H,20,21,24). The van der Waals surface area contributed by atoms with Gasteiger partial charge in [-0.15, -0.1) is 0 Å². The molecule has 3 rings (SSSR count). The molecule has 0 radical (unpaired) electrons. The summed E-state index contributed by atoms with van der Waals surface area (Å²) in [6.07, 6.45) is 3.02. The number of pyridine rings is 1. The second-order valence-electron chi connectivity index (χ2n) is 4.74. The largest absolute Gasteiger partial charge is 0.305 e. The number of hydrogen-bond acceptors (Lipinski definition) is 4. The summed E-state index contributed by atoms with van der Waals surface area (Å²) >= 11 is 11.9. The van der Waals surface area contributed by atoms with Crippen molar-refractivity contribution in [3.8, 4) is 11.8 Å². The van der Waals surface area contributed by atoms with Crippen molar-refractivity contribution in [2.75, 3.05) is 5.32 Å². The van der Waals surface area contributed by atoms with Crippen LogP contribution in [0.5, 0.6) is 0 Å². The van der Waals surface area contributed by atoms with Gasteiger partial charge in [-0.05, 0) is 36.4 Å². The van der Waals surface area contributed by atoms with Crippen molar-refractivity contribution in [3.63, 3.8) is 0 Å². The molecule has 0 atom stereocenters. The van der Waals surface area contributed by atoms with E-state index in [-0.39, 0.29) is 5.69 Å². The highest BCUT2D eigenvalue weighted by atomic mass is 35.5. The predicted octanol–water partition coefficient (Wildman–Crippen LogP) is 3.70. The van der Waals surface area contributed by atoms with Gasteiger partial charge in [0.2, 0.25) is 0 Å². The first-order chi connectivity index (χ1) is 11.6. The van der Waals surface area contributed by atoms with Gasteiger partial charge < -0.3 is 5.32 Å². The lowest BCUT2D eigenvalue weighted by molar-refractivity contribution is 0.102. The van der Waals surface area contributed by atoms with E-state index in [1.807, 2.05) is 6.07 Å². The molecule has 3 aromatic rings. The zero-order valence-electron chi connectivity index (χ0n) is 12.1. The molecule has 0 saturated carbocycles. The van der Waals surface area contributed by atoms with Crippen LogP contribution >= 0.6 is 23.2 Å². The van der Waals surface area contributed by atoms with Crippen molar-refractivity contribution in [2.24, 2.45) is 0 Å². The highest BCUT2D eigenvalue weighted by molar-refractivity contribution is 6.42. The van der Waals surface area contributed by atoms with Gasteiger partial charge in [0, 0.05) is 12.4 Å². The predicted molar refractivity (Wildman–Crippen MR) is 90.5 cm³/mol. The Balaban J connectivity index is 1.77. The van der Waals surface area contributed by atoms with Gasteiger partial charge in [-0.25, -0.2) is 9.67 Å². The molecule has 0 fully saturated rings. The van der Waals surface area contributed by atoms with Crippen LogP contribution < -0.4 is 5.32 Å². The molecule has 1 amide bonds. The molecule has 2 heterocycles. The van der Waals surface area contributed by atoms with Gasteiger partial charge in [0.25, 0.3) is 5.91 Å². The number of carbonyl (C=O) groups excluding carboxylic acids is 1. The van der Waals surface area contributed by atoms with Gasteiger partial charge in [-0.3, -0.25) is 4.79 Å². The van der Waals surface area contributed by atoms with Crippen molar-refractivity contribution < 1.29 is 4.79 Å². The van der Waals surface area contributed by atoms with E-state index < -0.39 is 5.91 Å². The third-order valence-corrected chi connectivity index (χ3v) is 3.86. The van der Waals surface area contributed by atoms with E-state index in [9.17, 15) is 4.79 Å². The lowest BCUT2D eigenvalue weighted by atomic mass is 10.3. The summed E-state index contributed by atoms with van der Waals surface area (Å²) in [5.41, 5.74) is 1.31. The Hall–Kier alpha value is -2.88. The van der Waals surface area contributed by atoms with Gasteiger partial charge >= 0.3 is 0 Å². The summed E-state index contributed by atoms with van der Waals surface area (Å²) in [5, 5.41) is 16.4. The zero-order valence-corrected chi connectivity index (χ0v) is 13.6. The maximum Gasteiger partial charge on any atom is 0.277 e. The molecule has 118 valence electrons. The van der Waals surface area contributed by atoms with Gasteiger partial charge in [-0.2, -0.15) is 10.4 Å². The lowest BCUT2D eigenvalue weighted by Crippen LogP contribution is -2.14. The minimum Gasteiger partial charge on any atom is -0.305 e. The van der Waals surface area contributed by atoms with Gasteiger partial charge in [0.05, 0.1) is 21.3 Å². The summed E-state index contributed by atoms with van der Waals surface area (Å²) in [6.45, 7) is 0. The van der Waals surface area contributed by atoms with Crippen LogP contribution in [0.1, 0.15) is 16.1 Å². The van der Waals surface area contributed by atoms with Crippen molar-refractivity contribution in [1.82, 2.24) is 14.8 Å². The number of rotatable bonds is 3. The zero-order chi connectivity index (χ0) is 17.1. The molecule has 0 aliphatic rings. The molecule has 8 heteroatoms. The Bertz CT molecular complexity index is 944. The van der Waals surface area contributed by atoms with Crippen LogP contribution in [0.2, 0.25) is 10.0 Å². The lowest BCUT2D eigenvalue weighted by Gasteiger charge is -2.04. The number of carbonyl (C=O) groups is 1. The Morgan fingerprint density at radius 2 is 2.00 bits per heavy atom. The number of nitriles is 1. The molecule has 0 spiro atoms. The Morgan fingerprint density at radius 1 is 1.17 bits per heavy atom. The van der Waals surface area contributed by atoms with Crippen molar-refractivity contribution in [3.05, 3.63) is 70.1 Å². The molecular weight excluding hydrogens is 349 g/mol. The molecule has 0 aliphatic heterocycles. The molecule has 0 unspecified atom stereocenters. The summed E-state index contributed by atoms with van der Waals surface area (Å²) in [7, 11) is 0. The van der Waals surface area contributed by atoms with Crippen LogP contribution in [-0.4, -0.2) is 20.7 Å². The first-order valence-corrected chi connectivity index (χ1v) is 7.51. The van der Waals surface area contributed by atoms with Crippen molar-refractivity contribution >= 4 is 34.9 Å². The van der Waals surface area contributed by atoms with Crippen LogP contribution in [0.15, 0.2) is 48.8 Å². The SMILES string of the molecule is N#Cc1ccc(NC(=O)c2ccn(-c3ccc(Cl)c(Cl)c3)n2)nc1. The molecule has 1 N–H and O–H groups in total. The molecular formula is C16H9Cl2N5O. The minimum absolute atomic E-state index is 0.215. The van der Waals surface area contributed by atoms with Crippen LogP contribution in [0.4, 0.5) is 5.82 Å². The molecule has 0 saturated heterocycles. The summed E-state index contributed by atoms with van der Waals surface area (Å²) in [4.78, 5) is 16.2.